The maximum Gasteiger partial charge on any atom is 0.433 e. The molecule has 9 heteroatoms. The molecule has 22 heavy (non-hydrogen) atoms. The Kier molecular flexibility index (Phi) is 6.87. The molecule has 0 aliphatic heterocycles. The van der Waals surface area contributed by atoms with E-state index in [2.05, 4.69) is 30.9 Å². The van der Waals surface area contributed by atoms with Gasteiger partial charge in [0.15, 0.2) is 5.96 Å². The van der Waals surface area contributed by atoms with Gasteiger partial charge >= 0.3 is 6.18 Å². The van der Waals surface area contributed by atoms with Gasteiger partial charge in [-0.25, -0.2) is 9.97 Å². The number of hydrogen-bond acceptors (Lipinski definition) is 4. The van der Waals surface area contributed by atoms with E-state index in [4.69, 9.17) is 0 Å². The average molecular weight is 318 g/mol. The zero-order chi connectivity index (χ0) is 16.6. The fraction of sp³-hybridized carbons (Fsp3) is 0.615. The lowest BCUT2D eigenvalue weighted by Crippen LogP contribution is -2.41. The van der Waals surface area contributed by atoms with Gasteiger partial charge < -0.3 is 16.0 Å². The summed E-state index contributed by atoms with van der Waals surface area (Å²) in [6.07, 6.45) is -3.40. The predicted octanol–water partition coefficient (Wildman–Crippen LogP) is 1.87. The lowest BCUT2D eigenvalue weighted by atomic mass is 10.4. The molecule has 0 unspecified atom stereocenters. The van der Waals surface area contributed by atoms with Crippen LogP contribution in [0.15, 0.2) is 17.3 Å². The Morgan fingerprint density at radius 3 is 2.68 bits per heavy atom. The highest BCUT2D eigenvalue weighted by Gasteiger charge is 2.32. The summed E-state index contributed by atoms with van der Waals surface area (Å²) >= 11 is 0. The van der Waals surface area contributed by atoms with Crippen LogP contribution in [-0.2, 0) is 6.18 Å². The van der Waals surface area contributed by atoms with E-state index >= 15 is 0 Å². The molecule has 1 heterocycles. The van der Waals surface area contributed by atoms with Gasteiger partial charge in [-0.15, -0.1) is 0 Å². The molecule has 6 nitrogen and oxygen atoms in total. The van der Waals surface area contributed by atoms with E-state index in [9.17, 15) is 13.2 Å². The van der Waals surface area contributed by atoms with Gasteiger partial charge in [-0.2, -0.15) is 13.2 Å². The van der Waals surface area contributed by atoms with Crippen molar-refractivity contribution in [3.63, 3.8) is 0 Å². The van der Waals surface area contributed by atoms with Gasteiger partial charge in [-0.3, -0.25) is 4.99 Å². The molecule has 124 valence electrons. The quantitative estimate of drug-likeness (QED) is 0.424. The van der Waals surface area contributed by atoms with Crippen LogP contribution in [0.5, 0.6) is 0 Å². The molecule has 0 saturated heterocycles. The maximum absolute atomic E-state index is 12.5. The van der Waals surface area contributed by atoms with Crippen molar-refractivity contribution in [3.05, 3.63) is 18.0 Å². The summed E-state index contributed by atoms with van der Waals surface area (Å²) in [5, 5.41) is 8.94. The Balaban J connectivity index is 2.52. The fourth-order valence-electron chi connectivity index (χ4n) is 1.53. The number of halogens is 3. The van der Waals surface area contributed by atoms with Crippen molar-refractivity contribution in [2.75, 3.05) is 25.0 Å². The number of alkyl halides is 3. The molecule has 0 radical (unpaired) electrons. The molecule has 1 aromatic rings. The first-order chi connectivity index (χ1) is 10.3. The summed E-state index contributed by atoms with van der Waals surface area (Å²) in [7, 11) is 0. The Bertz CT molecular complexity index is 487. The predicted molar refractivity (Wildman–Crippen MR) is 79.8 cm³/mol. The summed E-state index contributed by atoms with van der Waals surface area (Å²) < 4.78 is 37.5. The number of aromatic nitrogens is 2. The maximum atomic E-state index is 12.5. The number of nitrogens with zero attached hydrogens (tertiary/aromatic N) is 3. The third-order valence-corrected chi connectivity index (χ3v) is 2.38. The van der Waals surface area contributed by atoms with Crippen molar-refractivity contribution < 1.29 is 13.2 Å². The Morgan fingerprint density at radius 1 is 1.36 bits per heavy atom. The van der Waals surface area contributed by atoms with Gasteiger partial charge in [-0.05, 0) is 26.8 Å². The summed E-state index contributed by atoms with van der Waals surface area (Å²) in [4.78, 5) is 11.5. The highest BCUT2D eigenvalue weighted by Crippen LogP contribution is 2.27. The van der Waals surface area contributed by atoms with Gasteiger partial charge in [-0.1, -0.05) is 0 Å². The van der Waals surface area contributed by atoms with E-state index in [1.54, 1.807) is 0 Å². The summed E-state index contributed by atoms with van der Waals surface area (Å²) in [5.41, 5.74) is -0.969. The van der Waals surface area contributed by atoms with Crippen molar-refractivity contribution in [2.24, 2.45) is 4.99 Å². The van der Waals surface area contributed by atoms with Crippen LogP contribution in [-0.4, -0.2) is 41.6 Å². The molecule has 3 N–H and O–H groups in total. The second kappa shape index (κ2) is 8.40. The standard InChI is InChI=1S/C13H21F3N6/c1-4-17-11(21-9(2)3)19-7-8-20-12-18-6-5-10(22-12)13(14,15)16/h5-6,9H,4,7-8H2,1-3H3,(H2,17,19,21)(H,18,20,22). The first-order valence-corrected chi connectivity index (χ1v) is 7.02. The van der Waals surface area contributed by atoms with E-state index in [-0.39, 0.29) is 12.0 Å². The van der Waals surface area contributed by atoms with Gasteiger partial charge in [0.25, 0.3) is 0 Å². The first kappa shape index (κ1) is 18.0. The summed E-state index contributed by atoms with van der Waals surface area (Å²) in [6.45, 7) is 7.36. The molecule has 0 fully saturated rings. The minimum atomic E-state index is -4.48. The Hall–Kier alpha value is -2.06. The van der Waals surface area contributed by atoms with E-state index in [1.807, 2.05) is 20.8 Å². The molecular formula is C13H21F3N6. The number of anilines is 1. The molecule has 1 rings (SSSR count). The van der Waals surface area contributed by atoms with Crippen molar-refractivity contribution in [1.82, 2.24) is 20.6 Å². The molecule has 0 spiro atoms. The number of guanidine groups is 1. The number of hydrogen-bond donors (Lipinski definition) is 3. The monoisotopic (exact) mass is 318 g/mol. The van der Waals surface area contributed by atoms with Crippen LogP contribution in [0.4, 0.5) is 19.1 Å². The summed E-state index contributed by atoms with van der Waals surface area (Å²) in [5.74, 6) is 0.594. The Labute approximate surface area is 127 Å². The lowest BCUT2D eigenvalue weighted by Gasteiger charge is -2.14. The molecule has 1 aromatic heterocycles. The van der Waals surface area contributed by atoms with Gasteiger partial charge in [0.1, 0.15) is 5.69 Å². The molecule has 0 aliphatic rings. The molecule has 0 aliphatic carbocycles. The van der Waals surface area contributed by atoms with Gasteiger partial charge in [0, 0.05) is 25.3 Å². The second-order valence-electron chi connectivity index (χ2n) is 4.75. The summed E-state index contributed by atoms with van der Waals surface area (Å²) in [6, 6.07) is 1.07. The minimum absolute atomic E-state index is 0.0631. The lowest BCUT2D eigenvalue weighted by molar-refractivity contribution is -0.141. The second-order valence-corrected chi connectivity index (χ2v) is 4.75. The fourth-order valence-corrected chi connectivity index (χ4v) is 1.53. The third kappa shape index (κ3) is 6.59. The highest BCUT2D eigenvalue weighted by molar-refractivity contribution is 5.79. The van der Waals surface area contributed by atoms with E-state index in [1.165, 1.54) is 0 Å². The third-order valence-electron chi connectivity index (χ3n) is 2.38. The normalized spacial score (nSPS) is 12.4. The van der Waals surface area contributed by atoms with Gasteiger partial charge in [0.2, 0.25) is 5.95 Å². The van der Waals surface area contributed by atoms with E-state index in [0.717, 1.165) is 18.8 Å². The number of nitrogens with one attached hydrogen (secondary N) is 3. The highest BCUT2D eigenvalue weighted by atomic mass is 19.4. The zero-order valence-electron chi connectivity index (χ0n) is 12.8. The van der Waals surface area contributed by atoms with E-state index < -0.39 is 11.9 Å². The smallest absolute Gasteiger partial charge is 0.357 e. The molecule has 0 saturated carbocycles. The first-order valence-electron chi connectivity index (χ1n) is 7.02. The van der Waals surface area contributed by atoms with Gasteiger partial charge in [0.05, 0.1) is 6.54 Å². The van der Waals surface area contributed by atoms with Crippen LogP contribution >= 0.6 is 0 Å². The Morgan fingerprint density at radius 2 is 2.09 bits per heavy atom. The molecule has 0 bridgehead atoms. The van der Waals surface area contributed by atoms with Crippen molar-refractivity contribution in [3.8, 4) is 0 Å². The minimum Gasteiger partial charge on any atom is -0.357 e. The van der Waals surface area contributed by atoms with Crippen LogP contribution in [0.25, 0.3) is 0 Å². The SMILES string of the molecule is CCNC(=NCCNc1nccc(C(F)(F)F)n1)NC(C)C. The van der Waals surface area contributed by atoms with Crippen LogP contribution < -0.4 is 16.0 Å². The van der Waals surface area contributed by atoms with Crippen LogP contribution in [0.3, 0.4) is 0 Å². The van der Waals surface area contributed by atoms with Crippen LogP contribution in [0.1, 0.15) is 26.5 Å². The van der Waals surface area contributed by atoms with Crippen LogP contribution in [0.2, 0.25) is 0 Å². The number of rotatable bonds is 6. The van der Waals surface area contributed by atoms with Crippen molar-refractivity contribution in [1.29, 1.82) is 0 Å². The average Bonchev–Trinajstić information content (AvgIpc) is 2.42. The zero-order valence-corrected chi connectivity index (χ0v) is 12.8. The van der Waals surface area contributed by atoms with Crippen LogP contribution in [0, 0.1) is 0 Å². The molecular weight excluding hydrogens is 297 g/mol. The van der Waals surface area contributed by atoms with Crippen molar-refractivity contribution in [2.45, 2.75) is 33.0 Å². The van der Waals surface area contributed by atoms with Crippen molar-refractivity contribution >= 4 is 11.9 Å². The van der Waals surface area contributed by atoms with E-state index in [0.29, 0.717) is 19.0 Å². The topological polar surface area (TPSA) is 74.2 Å². The largest absolute Gasteiger partial charge is 0.433 e. The number of aliphatic imine (C=N–C) groups is 1. The molecule has 0 amide bonds. The molecule has 0 atom stereocenters. The molecule has 0 aromatic carbocycles.